The monoisotopic (exact) mass is 392 g/mol. The van der Waals surface area contributed by atoms with Crippen molar-refractivity contribution in [3.05, 3.63) is 23.8 Å². The van der Waals surface area contributed by atoms with Crippen LogP contribution in [-0.2, 0) is 14.3 Å². The summed E-state index contributed by atoms with van der Waals surface area (Å²) in [4.78, 5) is 35.9. The molecule has 0 saturated heterocycles. The van der Waals surface area contributed by atoms with Gasteiger partial charge in [-0.2, -0.15) is 0 Å². The molecular weight excluding hydrogens is 364 g/mol. The highest BCUT2D eigenvalue weighted by molar-refractivity contribution is 5.96. The molecule has 8 heteroatoms. The highest BCUT2D eigenvalue weighted by Crippen LogP contribution is 2.27. The van der Waals surface area contributed by atoms with Gasteiger partial charge in [0.2, 0.25) is 0 Å². The largest absolute Gasteiger partial charge is 0.493 e. The lowest BCUT2D eigenvalue weighted by molar-refractivity contribution is -0.147. The van der Waals surface area contributed by atoms with Crippen molar-refractivity contribution in [2.75, 3.05) is 27.4 Å². The van der Waals surface area contributed by atoms with Crippen LogP contribution < -0.4 is 20.1 Å². The summed E-state index contributed by atoms with van der Waals surface area (Å²) >= 11 is 0. The van der Waals surface area contributed by atoms with Crippen LogP contribution in [-0.4, -0.2) is 51.2 Å². The summed E-state index contributed by atoms with van der Waals surface area (Å²) in [5.74, 6) is -0.130. The first-order chi connectivity index (χ1) is 13.4. The van der Waals surface area contributed by atoms with E-state index in [0.29, 0.717) is 23.0 Å². The lowest BCUT2D eigenvalue weighted by Gasteiger charge is -2.29. The Morgan fingerprint density at radius 2 is 1.79 bits per heavy atom. The molecule has 1 aromatic rings. The number of carbonyl (C=O) groups excluding carboxylic acids is 3. The van der Waals surface area contributed by atoms with E-state index in [-0.39, 0.29) is 25.1 Å². The van der Waals surface area contributed by atoms with Crippen molar-refractivity contribution in [3.63, 3.8) is 0 Å². The Morgan fingerprint density at radius 1 is 1.07 bits per heavy atom. The van der Waals surface area contributed by atoms with Gasteiger partial charge in [0.15, 0.2) is 18.1 Å². The molecule has 2 rings (SSSR count). The lowest BCUT2D eigenvalue weighted by atomic mass is 9.86. The molecule has 0 unspecified atom stereocenters. The minimum absolute atomic E-state index is 0.129. The van der Waals surface area contributed by atoms with E-state index >= 15 is 0 Å². The number of amides is 2. The van der Waals surface area contributed by atoms with E-state index in [2.05, 4.69) is 17.6 Å². The van der Waals surface area contributed by atoms with Crippen molar-refractivity contribution in [2.45, 2.75) is 38.6 Å². The van der Waals surface area contributed by atoms with E-state index in [1.165, 1.54) is 26.7 Å². The van der Waals surface area contributed by atoms with Gasteiger partial charge in [0.25, 0.3) is 11.8 Å². The molecular formula is C20H28N2O6. The molecule has 2 atom stereocenters. The Hall–Kier alpha value is -2.77. The summed E-state index contributed by atoms with van der Waals surface area (Å²) in [5, 5.41) is 5.37. The molecule has 28 heavy (non-hydrogen) atoms. The summed E-state index contributed by atoms with van der Waals surface area (Å²) in [7, 11) is 2.97. The topological polar surface area (TPSA) is 103 Å². The second-order valence-corrected chi connectivity index (χ2v) is 6.85. The predicted molar refractivity (Wildman–Crippen MR) is 102 cm³/mol. The molecule has 1 aliphatic carbocycles. The SMILES string of the molecule is COc1ccc(C(=O)NCC(=O)OCC(=O)N[C@@H]2CCCC[C@H]2C)cc1OC. The van der Waals surface area contributed by atoms with E-state index in [0.717, 1.165) is 19.3 Å². The molecule has 1 fully saturated rings. The predicted octanol–water partition coefficient (Wildman–Crippen LogP) is 1.67. The molecule has 2 amide bonds. The van der Waals surface area contributed by atoms with Crippen LogP contribution in [0.15, 0.2) is 18.2 Å². The maximum atomic E-state index is 12.2. The van der Waals surface area contributed by atoms with Gasteiger partial charge < -0.3 is 24.8 Å². The Balaban J connectivity index is 1.74. The maximum absolute atomic E-state index is 12.2. The van der Waals surface area contributed by atoms with Crippen molar-refractivity contribution < 1.29 is 28.6 Å². The lowest BCUT2D eigenvalue weighted by Crippen LogP contribution is -2.43. The number of ether oxygens (including phenoxy) is 3. The summed E-state index contributed by atoms with van der Waals surface area (Å²) in [6.07, 6.45) is 4.31. The van der Waals surface area contributed by atoms with E-state index in [1.807, 2.05) is 0 Å². The zero-order chi connectivity index (χ0) is 20.5. The zero-order valence-corrected chi connectivity index (χ0v) is 16.6. The molecule has 154 valence electrons. The van der Waals surface area contributed by atoms with Crippen LogP contribution in [0.1, 0.15) is 43.0 Å². The first kappa shape index (κ1) is 21.5. The van der Waals surface area contributed by atoms with Crippen molar-refractivity contribution in [1.29, 1.82) is 0 Å². The molecule has 8 nitrogen and oxygen atoms in total. The second-order valence-electron chi connectivity index (χ2n) is 6.85. The normalized spacial score (nSPS) is 18.7. The van der Waals surface area contributed by atoms with Crippen molar-refractivity contribution in [3.8, 4) is 11.5 Å². The summed E-state index contributed by atoms with van der Waals surface area (Å²) in [6.45, 7) is 1.42. The summed E-state index contributed by atoms with van der Waals surface area (Å²) in [5.41, 5.74) is 0.314. The number of methoxy groups -OCH3 is 2. The number of hydrogen-bond acceptors (Lipinski definition) is 6. The van der Waals surface area contributed by atoms with Crippen LogP contribution in [0.2, 0.25) is 0 Å². The van der Waals surface area contributed by atoms with Gasteiger partial charge >= 0.3 is 5.97 Å². The standard InChI is InChI=1S/C20H28N2O6/c1-13-6-4-5-7-15(13)22-18(23)12-28-19(24)11-21-20(25)14-8-9-16(26-2)17(10-14)27-3/h8-10,13,15H,4-7,11-12H2,1-3H3,(H,21,25)(H,22,23)/t13-,15-/m1/s1. The number of carbonyl (C=O) groups is 3. The Labute approximate surface area is 164 Å². The van der Waals surface area contributed by atoms with Gasteiger partial charge in [0.1, 0.15) is 6.54 Å². The Bertz CT molecular complexity index is 706. The maximum Gasteiger partial charge on any atom is 0.325 e. The summed E-state index contributed by atoms with van der Waals surface area (Å²) < 4.78 is 15.2. The first-order valence-electron chi connectivity index (χ1n) is 9.39. The van der Waals surface area contributed by atoms with E-state index in [1.54, 1.807) is 12.1 Å². The average Bonchev–Trinajstić information content (AvgIpc) is 2.71. The van der Waals surface area contributed by atoms with Gasteiger partial charge in [-0.3, -0.25) is 14.4 Å². The van der Waals surface area contributed by atoms with Gasteiger partial charge in [0, 0.05) is 11.6 Å². The van der Waals surface area contributed by atoms with E-state index in [9.17, 15) is 14.4 Å². The second kappa shape index (κ2) is 10.5. The third-order valence-corrected chi connectivity index (χ3v) is 4.86. The zero-order valence-electron chi connectivity index (χ0n) is 16.6. The summed E-state index contributed by atoms with van der Waals surface area (Å²) in [6, 6.07) is 4.80. The molecule has 0 aliphatic heterocycles. The number of rotatable bonds is 8. The molecule has 1 aliphatic rings. The smallest absolute Gasteiger partial charge is 0.325 e. The van der Waals surface area contributed by atoms with Gasteiger partial charge in [-0.05, 0) is 37.0 Å². The fourth-order valence-electron chi connectivity index (χ4n) is 3.21. The fraction of sp³-hybridized carbons (Fsp3) is 0.550. The van der Waals surface area contributed by atoms with Crippen LogP contribution in [0.4, 0.5) is 0 Å². The van der Waals surface area contributed by atoms with E-state index < -0.39 is 11.9 Å². The first-order valence-corrected chi connectivity index (χ1v) is 9.39. The Kier molecular flexibility index (Phi) is 8.10. The molecule has 1 saturated carbocycles. The van der Waals surface area contributed by atoms with Crippen molar-refractivity contribution in [2.24, 2.45) is 5.92 Å². The highest BCUT2D eigenvalue weighted by atomic mass is 16.5. The molecule has 0 aromatic heterocycles. The van der Waals surface area contributed by atoms with E-state index in [4.69, 9.17) is 14.2 Å². The van der Waals surface area contributed by atoms with Gasteiger partial charge in [-0.25, -0.2) is 0 Å². The molecule has 0 radical (unpaired) electrons. The van der Waals surface area contributed by atoms with Crippen LogP contribution >= 0.6 is 0 Å². The van der Waals surface area contributed by atoms with Gasteiger partial charge in [0.05, 0.1) is 14.2 Å². The van der Waals surface area contributed by atoms with Crippen LogP contribution in [0.3, 0.4) is 0 Å². The third kappa shape index (κ3) is 6.14. The van der Waals surface area contributed by atoms with Gasteiger partial charge in [-0.15, -0.1) is 0 Å². The molecule has 2 N–H and O–H groups in total. The minimum Gasteiger partial charge on any atom is -0.493 e. The number of esters is 1. The number of nitrogens with one attached hydrogen (secondary N) is 2. The number of benzene rings is 1. The van der Waals surface area contributed by atoms with Crippen molar-refractivity contribution in [1.82, 2.24) is 10.6 Å². The van der Waals surface area contributed by atoms with Crippen LogP contribution in [0.25, 0.3) is 0 Å². The molecule has 1 aromatic carbocycles. The molecule has 0 spiro atoms. The highest BCUT2D eigenvalue weighted by Gasteiger charge is 2.23. The molecule has 0 bridgehead atoms. The average molecular weight is 392 g/mol. The third-order valence-electron chi connectivity index (χ3n) is 4.86. The van der Waals surface area contributed by atoms with Crippen LogP contribution in [0.5, 0.6) is 11.5 Å². The minimum atomic E-state index is -0.680. The van der Waals surface area contributed by atoms with Crippen LogP contribution in [0, 0.1) is 5.92 Å². The molecule has 0 heterocycles. The number of hydrogen-bond donors (Lipinski definition) is 2. The van der Waals surface area contributed by atoms with Gasteiger partial charge in [-0.1, -0.05) is 19.8 Å². The quantitative estimate of drug-likeness (QED) is 0.653. The Morgan fingerprint density at radius 3 is 2.46 bits per heavy atom. The van der Waals surface area contributed by atoms with Crippen molar-refractivity contribution >= 4 is 17.8 Å². The fourth-order valence-corrected chi connectivity index (χ4v) is 3.21.